The van der Waals surface area contributed by atoms with Gasteiger partial charge in [-0.3, -0.25) is 4.79 Å². The summed E-state index contributed by atoms with van der Waals surface area (Å²) in [6, 6.07) is 8.71. The molecular weight excluding hydrogens is 376 g/mol. The van der Waals surface area contributed by atoms with Crippen LogP contribution in [0.4, 0.5) is 0 Å². The average Bonchev–Trinajstić information content (AvgIpc) is 3.01. The van der Waals surface area contributed by atoms with Crippen LogP contribution in [0.25, 0.3) is 10.9 Å². The fourth-order valence-corrected chi connectivity index (χ4v) is 3.95. The molecule has 1 fully saturated rings. The highest BCUT2D eigenvalue weighted by atomic mass is 35.5. The number of rotatable bonds is 5. The fourth-order valence-electron chi connectivity index (χ4n) is 3.85. The van der Waals surface area contributed by atoms with Crippen LogP contribution >= 0.6 is 11.6 Å². The summed E-state index contributed by atoms with van der Waals surface area (Å²) < 4.78 is 7.88. The van der Waals surface area contributed by atoms with Crippen LogP contribution in [-0.4, -0.2) is 32.6 Å². The standard InChI is InChI=1S/C21H23ClN4O2/c1-26-13-14(18-4-2-3-5-19(18)26)10-20(27)25-16-6-8-17(9-7-16)28-21-23-11-15(22)12-24-21/h2-5,11-13,16-17H,6-10H2,1H3,(H,25,27). The Kier molecular flexibility index (Phi) is 5.48. The molecule has 1 amide bonds. The summed E-state index contributed by atoms with van der Waals surface area (Å²) in [5.41, 5.74) is 2.21. The third-order valence-corrected chi connectivity index (χ3v) is 5.43. The zero-order valence-corrected chi connectivity index (χ0v) is 16.5. The summed E-state index contributed by atoms with van der Waals surface area (Å²) in [4.78, 5) is 20.7. The number of hydrogen-bond donors (Lipinski definition) is 1. The average molecular weight is 399 g/mol. The number of para-hydroxylation sites is 1. The van der Waals surface area contributed by atoms with E-state index in [2.05, 4.69) is 32.0 Å². The maximum Gasteiger partial charge on any atom is 0.316 e. The first-order valence-corrected chi connectivity index (χ1v) is 9.93. The molecule has 2 heterocycles. The van der Waals surface area contributed by atoms with Crippen molar-refractivity contribution in [2.75, 3.05) is 0 Å². The van der Waals surface area contributed by atoms with Crippen LogP contribution in [0.15, 0.2) is 42.9 Å². The van der Waals surface area contributed by atoms with Gasteiger partial charge in [0.05, 0.1) is 23.8 Å². The Morgan fingerprint density at radius 1 is 1.21 bits per heavy atom. The summed E-state index contributed by atoms with van der Waals surface area (Å²) in [6.45, 7) is 0. The number of carbonyl (C=O) groups excluding carboxylic acids is 1. The molecule has 0 saturated heterocycles. The van der Waals surface area contributed by atoms with Gasteiger partial charge in [-0.15, -0.1) is 0 Å². The molecule has 2 aromatic heterocycles. The molecule has 1 saturated carbocycles. The second kappa shape index (κ2) is 8.19. The van der Waals surface area contributed by atoms with Crippen LogP contribution in [-0.2, 0) is 18.3 Å². The maximum absolute atomic E-state index is 12.6. The van der Waals surface area contributed by atoms with E-state index in [-0.39, 0.29) is 18.1 Å². The molecule has 0 bridgehead atoms. The molecular formula is C21H23ClN4O2. The van der Waals surface area contributed by atoms with Crippen LogP contribution in [0.3, 0.4) is 0 Å². The summed E-state index contributed by atoms with van der Waals surface area (Å²) in [6.07, 6.45) is 9.09. The second-order valence-electron chi connectivity index (χ2n) is 7.30. The van der Waals surface area contributed by atoms with Gasteiger partial charge >= 0.3 is 6.01 Å². The van der Waals surface area contributed by atoms with E-state index in [4.69, 9.17) is 16.3 Å². The van der Waals surface area contributed by atoms with Crippen LogP contribution in [0, 0.1) is 0 Å². The maximum atomic E-state index is 12.6. The molecule has 7 heteroatoms. The number of ether oxygens (including phenoxy) is 1. The molecule has 28 heavy (non-hydrogen) atoms. The first kappa shape index (κ1) is 18.7. The minimum absolute atomic E-state index is 0.0711. The molecule has 6 nitrogen and oxygen atoms in total. The summed E-state index contributed by atoms with van der Waals surface area (Å²) in [7, 11) is 2.01. The second-order valence-corrected chi connectivity index (χ2v) is 7.74. The molecule has 1 N–H and O–H groups in total. The van der Waals surface area contributed by atoms with Gasteiger partial charge in [0.1, 0.15) is 6.10 Å². The lowest BCUT2D eigenvalue weighted by Gasteiger charge is -2.28. The normalized spacial score (nSPS) is 19.5. The van der Waals surface area contributed by atoms with Gasteiger partial charge in [-0.25, -0.2) is 9.97 Å². The van der Waals surface area contributed by atoms with Crippen LogP contribution in [0.5, 0.6) is 6.01 Å². The van der Waals surface area contributed by atoms with Crippen molar-refractivity contribution >= 4 is 28.4 Å². The van der Waals surface area contributed by atoms with E-state index in [1.54, 1.807) is 0 Å². The van der Waals surface area contributed by atoms with E-state index in [0.717, 1.165) is 42.1 Å². The van der Waals surface area contributed by atoms with Gasteiger partial charge in [-0.05, 0) is 37.3 Å². The lowest BCUT2D eigenvalue weighted by atomic mass is 9.93. The van der Waals surface area contributed by atoms with Gasteiger partial charge in [0, 0.05) is 30.2 Å². The molecule has 1 aliphatic carbocycles. The van der Waals surface area contributed by atoms with Crippen molar-refractivity contribution < 1.29 is 9.53 Å². The van der Waals surface area contributed by atoms with Crippen molar-refractivity contribution in [1.82, 2.24) is 19.9 Å². The number of halogens is 1. The Hall–Kier alpha value is -2.60. The zero-order chi connectivity index (χ0) is 19.5. The molecule has 0 aliphatic heterocycles. The van der Waals surface area contributed by atoms with Crippen molar-refractivity contribution in [3.63, 3.8) is 0 Å². The Bertz CT molecular complexity index is 962. The first-order chi connectivity index (χ1) is 13.6. The summed E-state index contributed by atoms with van der Waals surface area (Å²) in [5.74, 6) is 0.0711. The number of carbonyl (C=O) groups is 1. The quantitative estimate of drug-likeness (QED) is 0.711. The minimum atomic E-state index is 0.0711. The van der Waals surface area contributed by atoms with Gasteiger partial charge in [0.25, 0.3) is 0 Å². The first-order valence-electron chi connectivity index (χ1n) is 9.55. The number of benzene rings is 1. The van der Waals surface area contributed by atoms with Crippen molar-refractivity contribution in [2.24, 2.45) is 7.05 Å². The fraction of sp³-hybridized carbons (Fsp3) is 0.381. The topological polar surface area (TPSA) is 69.0 Å². The van der Waals surface area contributed by atoms with Gasteiger partial charge in [0.15, 0.2) is 0 Å². The number of aromatic nitrogens is 3. The molecule has 1 aliphatic rings. The minimum Gasteiger partial charge on any atom is -0.460 e. The van der Waals surface area contributed by atoms with Crippen LogP contribution in [0.1, 0.15) is 31.2 Å². The zero-order valence-electron chi connectivity index (χ0n) is 15.8. The number of nitrogens with one attached hydrogen (secondary N) is 1. The lowest BCUT2D eigenvalue weighted by Crippen LogP contribution is -2.40. The van der Waals surface area contributed by atoms with Gasteiger partial charge in [0.2, 0.25) is 5.91 Å². The summed E-state index contributed by atoms with van der Waals surface area (Å²) >= 11 is 5.79. The number of amides is 1. The summed E-state index contributed by atoms with van der Waals surface area (Å²) in [5, 5.41) is 4.81. The molecule has 0 spiro atoms. The number of hydrogen-bond acceptors (Lipinski definition) is 4. The lowest BCUT2D eigenvalue weighted by molar-refractivity contribution is -0.121. The Morgan fingerprint density at radius 2 is 1.93 bits per heavy atom. The number of nitrogens with zero attached hydrogens (tertiary/aromatic N) is 3. The highest BCUT2D eigenvalue weighted by Gasteiger charge is 2.24. The van der Waals surface area contributed by atoms with E-state index in [1.165, 1.54) is 12.4 Å². The molecule has 0 atom stereocenters. The molecule has 4 rings (SSSR count). The van der Waals surface area contributed by atoms with Crippen molar-refractivity contribution in [1.29, 1.82) is 0 Å². The Balaban J connectivity index is 1.28. The van der Waals surface area contributed by atoms with Gasteiger partial charge in [-0.2, -0.15) is 0 Å². The highest BCUT2D eigenvalue weighted by Crippen LogP contribution is 2.24. The van der Waals surface area contributed by atoms with Gasteiger partial charge in [-0.1, -0.05) is 29.8 Å². The molecule has 1 aromatic carbocycles. The van der Waals surface area contributed by atoms with E-state index < -0.39 is 0 Å². The highest BCUT2D eigenvalue weighted by molar-refractivity contribution is 6.30. The van der Waals surface area contributed by atoms with E-state index >= 15 is 0 Å². The SMILES string of the molecule is Cn1cc(CC(=O)NC2CCC(Oc3ncc(Cl)cn3)CC2)c2ccccc21. The van der Waals surface area contributed by atoms with Gasteiger partial charge < -0.3 is 14.6 Å². The molecule has 3 aromatic rings. The van der Waals surface area contributed by atoms with Crippen molar-refractivity contribution in [2.45, 2.75) is 44.2 Å². The van der Waals surface area contributed by atoms with E-state index in [0.29, 0.717) is 17.5 Å². The largest absolute Gasteiger partial charge is 0.460 e. The Labute approximate surface area is 168 Å². The Morgan fingerprint density at radius 3 is 2.68 bits per heavy atom. The predicted octanol–water partition coefficient (Wildman–Crippen LogP) is 3.67. The van der Waals surface area contributed by atoms with Crippen LogP contribution in [0.2, 0.25) is 5.02 Å². The molecule has 146 valence electrons. The van der Waals surface area contributed by atoms with Crippen molar-refractivity contribution in [3.05, 3.63) is 53.4 Å². The van der Waals surface area contributed by atoms with E-state index in [1.807, 2.05) is 25.4 Å². The smallest absolute Gasteiger partial charge is 0.316 e. The third-order valence-electron chi connectivity index (χ3n) is 5.24. The number of fused-ring (bicyclic) bond motifs is 1. The third kappa shape index (κ3) is 4.28. The molecule has 0 radical (unpaired) electrons. The van der Waals surface area contributed by atoms with Crippen molar-refractivity contribution in [3.8, 4) is 6.01 Å². The monoisotopic (exact) mass is 398 g/mol. The predicted molar refractivity (Wildman–Crippen MR) is 108 cm³/mol. The number of aryl methyl sites for hydroxylation is 1. The van der Waals surface area contributed by atoms with E-state index in [9.17, 15) is 4.79 Å². The van der Waals surface area contributed by atoms with Crippen LogP contribution < -0.4 is 10.1 Å². The molecule has 0 unspecified atom stereocenters.